The van der Waals surface area contributed by atoms with E-state index in [0.29, 0.717) is 18.2 Å². The summed E-state index contributed by atoms with van der Waals surface area (Å²) in [6, 6.07) is 5.91. The number of aromatic hydroxyl groups is 1. The van der Waals surface area contributed by atoms with Gasteiger partial charge in [0.1, 0.15) is 7.12 Å². The number of fused-ring (bicyclic) bond motifs is 1. The summed E-state index contributed by atoms with van der Waals surface area (Å²) in [5.41, 5.74) is 2.71. The zero-order valence-electron chi connectivity index (χ0n) is 12.6. The molecule has 2 fully saturated rings. The van der Waals surface area contributed by atoms with Crippen molar-refractivity contribution in [1.29, 1.82) is 0 Å². The van der Waals surface area contributed by atoms with Crippen molar-refractivity contribution < 1.29 is 11.3 Å². The molecule has 4 rings (SSSR count). The highest BCUT2D eigenvalue weighted by molar-refractivity contribution is 5.52. The van der Waals surface area contributed by atoms with Crippen LogP contribution in [-0.2, 0) is 16.6 Å². The smallest absolute Gasteiger partial charge is 0.209 e. The Kier molecular flexibility index (Phi) is 2.37. The van der Waals surface area contributed by atoms with Gasteiger partial charge in [-0.3, -0.25) is 4.79 Å². The molecule has 0 spiro atoms. The number of phenolic OH excluding ortho intramolecular Hbond substituents is 1. The Balaban J connectivity index is 1.87. The Labute approximate surface area is 121 Å². The molecule has 1 aromatic rings. The number of likely N-dealkylation sites (tertiary alicyclic amines) is 1. The average Bonchev–Trinajstić information content (AvgIpc) is 2.48. The summed E-state index contributed by atoms with van der Waals surface area (Å²) in [6.07, 6.45) is 6.00. The molecule has 3 heteroatoms. The number of phenols is 1. The van der Waals surface area contributed by atoms with E-state index in [1.807, 2.05) is 12.1 Å². The van der Waals surface area contributed by atoms with Crippen LogP contribution in [0, 0.1) is 5.92 Å². The normalized spacial score (nSPS) is 35.8. The minimum atomic E-state index is -0.526. The molecule has 1 saturated carbocycles. The van der Waals surface area contributed by atoms with Crippen molar-refractivity contribution >= 4 is 6.39 Å². The van der Waals surface area contributed by atoms with Gasteiger partial charge in [-0.05, 0) is 54.9 Å². The Morgan fingerprint density at radius 1 is 1.40 bits per heavy atom. The number of nitrogens with zero attached hydrogens (tertiary/aromatic N) is 1. The van der Waals surface area contributed by atoms with Gasteiger partial charge in [0.15, 0.2) is 0 Å². The maximum Gasteiger partial charge on any atom is 0.209 e. The maximum atomic E-state index is 11.7. The number of carbonyl (C=O) groups is 1. The van der Waals surface area contributed by atoms with E-state index >= 15 is 0 Å². The number of hydrogen-bond donors (Lipinski definition) is 1. The topological polar surface area (TPSA) is 40.5 Å². The predicted octanol–water partition coefficient (Wildman–Crippen LogP) is 2.61. The van der Waals surface area contributed by atoms with E-state index in [1.54, 1.807) is 11.0 Å². The van der Waals surface area contributed by atoms with Crippen LogP contribution in [-0.4, -0.2) is 29.0 Å². The molecule has 0 radical (unpaired) electrons. The monoisotopic (exact) mass is 272 g/mol. The minimum absolute atomic E-state index is 0.126. The van der Waals surface area contributed by atoms with Crippen LogP contribution in [0.1, 0.15) is 44.6 Å². The highest BCUT2D eigenvalue weighted by Crippen LogP contribution is 2.55. The Bertz CT molecular complexity index is 602. The van der Waals surface area contributed by atoms with Gasteiger partial charge >= 0.3 is 0 Å². The summed E-state index contributed by atoms with van der Waals surface area (Å²) in [6.45, 7) is 0.693. The zero-order chi connectivity index (χ0) is 14.6. The molecule has 0 unspecified atom stereocenters. The van der Waals surface area contributed by atoms with Crippen molar-refractivity contribution in [3.63, 3.8) is 0 Å². The zero-order valence-corrected chi connectivity index (χ0v) is 11.6. The van der Waals surface area contributed by atoms with Gasteiger partial charge in [-0.25, -0.2) is 0 Å². The van der Waals surface area contributed by atoms with E-state index < -0.39 is 6.39 Å². The van der Waals surface area contributed by atoms with Crippen LogP contribution < -0.4 is 0 Å². The van der Waals surface area contributed by atoms with Gasteiger partial charge in [-0.1, -0.05) is 18.9 Å². The van der Waals surface area contributed by atoms with Gasteiger partial charge in [0.05, 0.1) is 0 Å². The lowest BCUT2D eigenvalue weighted by Crippen LogP contribution is -2.60. The van der Waals surface area contributed by atoms with Crippen molar-refractivity contribution in [3.8, 4) is 5.75 Å². The Hall–Kier alpha value is -1.51. The SMILES string of the molecule is [2H]C(=O)N1CC[C@@]23CCCC[C@@H]2[C@@H]1Cc1ccc(O)cc13. The van der Waals surface area contributed by atoms with Crippen LogP contribution in [0.3, 0.4) is 0 Å². The molecule has 1 aromatic carbocycles. The molecule has 20 heavy (non-hydrogen) atoms. The maximum absolute atomic E-state index is 11.7. The molecule has 2 bridgehead atoms. The van der Waals surface area contributed by atoms with E-state index in [2.05, 4.69) is 0 Å². The molecular weight excluding hydrogens is 250 g/mol. The highest BCUT2D eigenvalue weighted by atomic mass is 16.3. The first kappa shape index (κ1) is 11.2. The lowest BCUT2D eigenvalue weighted by Gasteiger charge is -2.58. The van der Waals surface area contributed by atoms with Crippen LogP contribution in [0.5, 0.6) is 5.75 Å². The number of benzene rings is 1. The van der Waals surface area contributed by atoms with Crippen molar-refractivity contribution in [2.24, 2.45) is 5.92 Å². The first-order chi connectivity index (χ1) is 10.1. The third-order valence-corrected chi connectivity index (χ3v) is 5.94. The second-order valence-corrected chi connectivity index (χ2v) is 6.66. The molecule has 3 atom stereocenters. The predicted molar refractivity (Wildman–Crippen MR) is 76.6 cm³/mol. The molecule has 3 aliphatic rings. The molecule has 1 saturated heterocycles. The molecule has 2 aliphatic carbocycles. The highest BCUT2D eigenvalue weighted by Gasteiger charge is 2.53. The van der Waals surface area contributed by atoms with Gasteiger partial charge in [-0.15, -0.1) is 0 Å². The quantitative estimate of drug-likeness (QED) is 0.738. The molecule has 0 aromatic heterocycles. The summed E-state index contributed by atoms with van der Waals surface area (Å²) in [4.78, 5) is 13.5. The molecule has 1 heterocycles. The van der Waals surface area contributed by atoms with Gasteiger partial charge < -0.3 is 10.0 Å². The lowest BCUT2D eigenvalue weighted by atomic mass is 9.52. The number of hydrogen-bond acceptors (Lipinski definition) is 2. The van der Waals surface area contributed by atoms with E-state index in [4.69, 9.17) is 1.37 Å². The minimum Gasteiger partial charge on any atom is -0.508 e. The molecule has 1 amide bonds. The fourth-order valence-electron chi connectivity index (χ4n) is 5.11. The Morgan fingerprint density at radius 2 is 2.30 bits per heavy atom. The summed E-state index contributed by atoms with van der Waals surface area (Å²) in [5.74, 6) is 0.813. The third-order valence-electron chi connectivity index (χ3n) is 5.94. The lowest BCUT2D eigenvalue weighted by molar-refractivity contribution is -0.126. The summed E-state index contributed by atoms with van der Waals surface area (Å²) in [7, 11) is 0. The van der Waals surface area contributed by atoms with E-state index in [9.17, 15) is 9.90 Å². The van der Waals surface area contributed by atoms with Crippen LogP contribution in [0.4, 0.5) is 0 Å². The number of carbonyl (C=O) groups excluding carboxylic acids is 1. The molecule has 1 N–H and O–H groups in total. The van der Waals surface area contributed by atoms with Crippen molar-refractivity contribution in [2.45, 2.75) is 50.0 Å². The van der Waals surface area contributed by atoms with Crippen LogP contribution in [0.25, 0.3) is 0 Å². The first-order valence-electron chi connectivity index (χ1n) is 8.21. The van der Waals surface area contributed by atoms with Gasteiger partial charge in [-0.2, -0.15) is 0 Å². The summed E-state index contributed by atoms with van der Waals surface area (Å²) < 4.78 is 7.56. The molecule has 1 aliphatic heterocycles. The van der Waals surface area contributed by atoms with E-state index in [-0.39, 0.29) is 11.5 Å². The van der Waals surface area contributed by atoms with Gasteiger partial charge in [0.25, 0.3) is 0 Å². The molecule has 106 valence electrons. The standard InChI is InChI=1S/C17H21NO2/c19-11-18-8-7-17-6-2-1-3-14(17)16(18)9-12-4-5-13(20)10-15(12)17/h4-5,10-11,14,16,20H,1-3,6-9H2/t14-,16+,17+/m1/s1/i11D. The van der Waals surface area contributed by atoms with Crippen molar-refractivity contribution in [1.82, 2.24) is 4.90 Å². The van der Waals surface area contributed by atoms with E-state index in [0.717, 1.165) is 25.7 Å². The number of piperidine rings is 1. The summed E-state index contributed by atoms with van der Waals surface area (Å²) in [5, 5.41) is 9.92. The molecule has 3 nitrogen and oxygen atoms in total. The van der Waals surface area contributed by atoms with E-state index in [1.165, 1.54) is 24.0 Å². The second kappa shape index (κ2) is 4.24. The van der Waals surface area contributed by atoms with Crippen molar-refractivity contribution in [3.05, 3.63) is 29.3 Å². The van der Waals surface area contributed by atoms with Crippen LogP contribution in [0.15, 0.2) is 18.2 Å². The van der Waals surface area contributed by atoms with Gasteiger partial charge in [0, 0.05) is 18.0 Å². The second-order valence-electron chi connectivity index (χ2n) is 6.66. The largest absolute Gasteiger partial charge is 0.508 e. The third kappa shape index (κ3) is 1.49. The number of rotatable bonds is 0. The van der Waals surface area contributed by atoms with Crippen molar-refractivity contribution in [2.75, 3.05) is 6.54 Å². The molecular formula is C17H21NO2. The Morgan fingerprint density at radius 3 is 3.15 bits per heavy atom. The fourth-order valence-corrected chi connectivity index (χ4v) is 5.11. The fraction of sp³-hybridized carbons (Fsp3) is 0.588. The van der Waals surface area contributed by atoms with Gasteiger partial charge in [0.2, 0.25) is 6.39 Å². The number of amides is 1. The first-order valence-corrected chi connectivity index (χ1v) is 7.71. The average molecular weight is 272 g/mol. The van der Waals surface area contributed by atoms with Crippen LogP contribution >= 0.6 is 0 Å². The van der Waals surface area contributed by atoms with Crippen LogP contribution in [0.2, 0.25) is 0 Å². The summed E-state index contributed by atoms with van der Waals surface area (Å²) >= 11 is 0.